The number of carbonyl (C=O) groups excluding carboxylic acids is 2. The summed E-state index contributed by atoms with van der Waals surface area (Å²) in [5.41, 5.74) is 1.24. The number of aryl methyl sites for hydroxylation is 1. The molecule has 7 nitrogen and oxygen atoms in total. The first-order valence-electron chi connectivity index (χ1n) is 7.94. The Kier molecular flexibility index (Phi) is 4.79. The van der Waals surface area contributed by atoms with Gasteiger partial charge in [0, 0.05) is 25.3 Å². The molecule has 0 bridgehead atoms. The summed E-state index contributed by atoms with van der Waals surface area (Å²) in [5, 5.41) is 5.83. The maximum atomic E-state index is 12.2. The number of piperidine rings is 1. The van der Waals surface area contributed by atoms with Gasteiger partial charge in [0.05, 0.1) is 23.7 Å². The summed E-state index contributed by atoms with van der Waals surface area (Å²) in [5.74, 6) is 0.486. The first kappa shape index (κ1) is 16.0. The summed E-state index contributed by atoms with van der Waals surface area (Å²) in [6.45, 7) is 2.96. The van der Waals surface area contributed by atoms with E-state index in [1.54, 1.807) is 42.4 Å². The number of aromatic nitrogens is 1. The van der Waals surface area contributed by atoms with Gasteiger partial charge in [0.15, 0.2) is 0 Å². The van der Waals surface area contributed by atoms with Gasteiger partial charge in [-0.2, -0.15) is 0 Å². The first-order chi connectivity index (χ1) is 11.6. The Morgan fingerprint density at radius 1 is 1.29 bits per heavy atom. The minimum atomic E-state index is -0.140. The van der Waals surface area contributed by atoms with Crippen LogP contribution in [0.4, 0.5) is 10.5 Å². The zero-order chi connectivity index (χ0) is 16.9. The number of carbonyl (C=O) groups is 2. The summed E-state index contributed by atoms with van der Waals surface area (Å²) in [6.07, 6.45) is 6.23. The lowest BCUT2D eigenvalue weighted by Gasteiger charge is -2.32. The molecule has 3 rings (SSSR count). The van der Waals surface area contributed by atoms with Crippen molar-refractivity contribution in [2.45, 2.75) is 25.8 Å². The number of urea groups is 1. The molecular weight excluding hydrogens is 308 g/mol. The first-order valence-corrected chi connectivity index (χ1v) is 7.94. The molecule has 0 radical (unpaired) electrons. The van der Waals surface area contributed by atoms with Gasteiger partial charge in [0.1, 0.15) is 5.76 Å². The van der Waals surface area contributed by atoms with Gasteiger partial charge in [-0.3, -0.25) is 9.78 Å². The van der Waals surface area contributed by atoms with E-state index in [1.165, 1.54) is 6.26 Å². The van der Waals surface area contributed by atoms with Gasteiger partial charge < -0.3 is 20.0 Å². The third-order valence-corrected chi connectivity index (χ3v) is 4.13. The highest BCUT2D eigenvalue weighted by atomic mass is 16.3. The zero-order valence-corrected chi connectivity index (χ0v) is 13.5. The topological polar surface area (TPSA) is 87.5 Å². The molecule has 1 aliphatic rings. The molecule has 0 atom stereocenters. The van der Waals surface area contributed by atoms with Crippen LogP contribution in [0.3, 0.4) is 0 Å². The molecule has 3 amide bonds. The van der Waals surface area contributed by atoms with Crippen molar-refractivity contribution in [3.05, 3.63) is 48.2 Å². The number of hydrogen-bond acceptors (Lipinski definition) is 4. The van der Waals surface area contributed by atoms with Crippen molar-refractivity contribution in [1.82, 2.24) is 15.2 Å². The molecule has 2 aromatic rings. The van der Waals surface area contributed by atoms with E-state index < -0.39 is 0 Å². The highest BCUT2D eigenvalue weighted by molar-refractivity contribution is 5.95. The predicted molar refractivity (Wildman–Crippen MR) is 88.8 cm³/mol. The number of nitrogens with one attached hydrogen (secondary N) is 2. The van der Waals surface area contributed by atoms with E-state index in [0.29, 0.717) is 30.1 Å². The number of anilines is 1. The molecule has 7 heteroatoms. The van der Waals surface area contributed by atoms with E-state index in [1.807, 2.05) is 0 Å². The average molecular weight is 328 g/mol. The minimum Gasteiger partial charge on any atom is -0.469 e. The van der Waals surface area contributed by atoms with Crippen molar-refractivity contribution >= 4 is 17.6 Å². The van der Waals surface area contributed by atoms with Crippen molar-refractivity contribution in [2.24, 2.45) is 0 Å². The average Bonchev–Trinajstić information content (AvgIpc) is 3.02. The zero-order valence-electron chi connectivity index (χ0n) is 13.5. The van der Waals surface area contributed by atoms with Crippen LogP contribution in [0.15, 0.2) is 41.3 Å². The summed E-state index contributed by atoms with van der Waals surface area (Å²) < 4.78 is 5.15. The number of amides is 3. The van der Waals surface area contributed by atoms with Gasteiger partial charge in [-0.25, -0.2) is 4.79 Å². The fraction of sp³-hybridized carbons (Fsp3) is 0.353. The Morgan fingerprint density at radius 3 is 2.71 bits per heavy atom. The van der Waals surface area contributed by atoms with Crippen LogP contribution in [0, 0.1) is 6.92 Å². The van der Waals surface area contributed by atoms with Gasteiger partial charge in [0.2, 0.25) is 0 Å². The lowest BCUT2D eigenvalue weighted by Crippen LogP contribution is -2.47. The van der Waals surface area contributed by atoms with Gasteiger partial charge in [-0.15, -0.1) is 0 Å². The fourth-order valence-corrected chi connectivity index (χ4v) is 2.75. The van der Waals surface area contributed by atoms with Crippen molar-refractivity contribution in [2.75, 3.05) is 18.4 Å². The third kappa shape index (κ3) is 3.73. The molecule has 126 valence electrons. The lowest BCUT2D eigenvalue weighted by atomic mass is 10.0. The molecular formula is C17H20N4O3. The maximum Gasteiger partial charge on any atom is 0.321 e. The quantitative estimate of drug-likeness (QED) is 0.906. The van der Waals surface area contributed by atoms with Crippen molar-refractivity contribution in [3.8, 4) is 0 Å². The van der Waals surface area contributed by atoms with Gasteiger partial charge in [-0.1, -0.05) is 0 Å². The number of likely N-dealkylation sites (tertiary alicyclic amines) is 1. The fourth-order valence-electron chi connectivity index (χ4n) is 2.75. The van der Waals surface area contributed by atoms with E-state index in [9.17, 15) is 9.59 Å². The Bertz CT molecular complexity index is 706. The second kappa shape index (κ2) is 7.16. The summed E-state index contributed by atoms with van der Waals surface area (Å²) in [6, 6.07) is 5.16. The SMILES string of the molecule is Cc1occc1C(=O)NC1CCN(C(=O)Nc2cccnc2)CC1. The van der Waals surface area contributed by atoms with Crippen LogP contribution < -0.4 is 10.6 Å². The van der Waals surface area contributed by atoms with E-state index in [2.05, 4.69) is 15.6 Å². The van der Waals surface area contributed by atoms with E-state index >= 15 is 0 Å². The van der Waals surface area contributed by atoms with Crippen LogP contribution in [-0.2, 0) is 0 Å². The Hall–Kier alpha value is -2.83. The third-order valence-electron chi connectivity index (χ3n) is 4.13. The number of nitrogens with zero attached hydrogens (tertiary/aromatic N) is 2. The molecule has 1 saturated heterocycles. The Labute approximate surface area is 140 Å². The van der Waals surface area contributed by atoms with Crippen molar-refractivity contribution in [3.63, 3.8) is 0 Å². The van der Waals surface area contributed by atoms with Gasteiger partial charge in [-0.05, 0) is 38.0 Å². The highest BCUT2D eigenvalue weighted by Gasteiger charge is 2.25. The van der Waals surface area contributed by atoms with Gasteiger partial charge >= 0.3 is 6.03 Å². The van der Waals surface area contributed by atoms with Crippen LogP contribution in [0.25, 0.3) is 0 Å². The molecule has 0 unspecified atom stereocenters. The van der Waals surface area contributed by atoms with Crippen LogP contribution in [0.5, 0.6) is 0 Å². The van der Waals surface area contributed by atoms with Crippen LogP contribution in [0.2, 0.25) is 0 Å². The van der Waals surface area contributed by atoms with Crippen molar-refractivity contribution < 1.29 is 14.0 Å². The highest BCUT2D eigenvalue weighted by Crippen LogP contribution is 2.15. The molecule has 2 aromatic heterocycles. The predicted octanol–water partition coefficient (Wildman–Crippen LogP) is 2.41. The van der Waals surface area contributed by atoms with Crippen LogP contribution in [-0.4, -0.2) is 41.0 Å². The molecule has 0 saturated carbocycles. The Morgan fingerprint density at radius 2 is 2.08 bits per heavy atom. The standard InChI is InChI=1S/C17H20N4O3/c1-12-15(6-10-24-12)16(22)19-13-4-8-21(9-5-13)17(23)20-14-3-2-7-18-11-14/h2-3,6-7,10-11,13H,4-5,8-9H2,1H3,(H,19,22)(H,20,23). The maximum absolute atomic E-state index is 12.2. The van der Waals surface area contributed by atoms with Crippen LogP contribution >= 0.6 is 0 Å². The number of hydrogen-bond donors (Lipinski definition) is 2. The van der Waals surface area contributed by atoms with Crippen LogP contribution in [0.1, 0.15) is 29.0 Å². The summed E-state index contributed by atoms with van der Waals surface area (Å²) >= 11 is 0. The second-order valence-electron chi connectivity index (χ2n) is 5.80. The summed E-state index contributed by atoms with van der Waals surface area (Å²) in [7, 11) is 0. The Balaban J connectivity index is 1.48. The molecule has 24 heavy (non-hydrogen) atoms. The molecule has 3 heterocycles. The lowest BCUT2D eigenvalue weighted by molar-refractivity contribution is 0.0917. The monoisotopic (exact) mass is 328 g/mol. The molecule has 0 spiro atoms. The number of furan rings is 1. The molecule has 0 aromatic carbocycles. The molecule has 1 fully saturated rings. The van der Waals surface area contributed by atoms with E-state index in [4.69, 9.17) is 4.42 Å². The largest absolute Gasteiger partial charge is 0.469 e. The second-order valence-corrected chi connectivity index (χ2v) is 5.80. The van der Waals surface area contributed by atoms with E-state index in [0.717, 1.165) is 12.8 Å². The van der Waals surface area contributed by atoms with Crippen molar-refractivity contribution in [1.29, 1.82) is 0 Å². The minimum absolute atomic E-state index is 0.0641. The number of pyridine rings is 1. The molecule has 0 aliphatic carbocycles. The normalized spacial score (nSPS) is 15.1. The van der Waals surface area contributed by atoms with E-state index in [-0.39, 0.29) is 18.0 Å². The molecule has 1 aliphatic heterocycles. The number of rotatable bonds is 3. The molecule has 2 N–H and O–H groups in total. The smallest absolute Gasteiger partial charge is 0.321 e. The van der Waals surface area contributed by atoms with Gasteiger partial charge in [0.25, 0.3) is 5.91 Å². The summed E-state index contributed by atoms with van der Waals surface area (Å²) in [4.78, 5) is 30.1.